The Labute approximate surface area is 100 Å². The second kappa shape index (κ2) is 26.7. The molecule has 0 atom stereocenters. The molecular formula is H6Ag3Al2. The van der Waals surface area contributed by atoms with E-state index in [2.05, 4.69) is 0 Å². The van der Waals surface area contributed by atoms with E-state index in [9.17, 15) is 0 Å². The van der Waals surface area contributed by atoms with Crippen molar-refractivity contribution in [2.45, 2.75) is 0 Å². The molecule has 0 aromatic carbocycles. The largest absolute Gasteiger partial charge is 0.187 e. The summed E-state index contributed by atoms with van der Waals surface area (Å²) in [6.07, 6.45) is 0. The summed E-state index contributed by atoms with van der Waals surface area (Å²) in [5, 5.41) is 0. The molecule has 0 rings (SSSR count). The van der Waals surface area contributed by atoms with E-state index in [0.717, 1.165) is 0 Å². The Morgan fingerprint density at radius 2 is 0.400 bits per heavy atom. The Morgan fingerprint density at radius 1 is 0.400 bits per heavy atom. The zero-order valence-corrected chi connectivity index (χ0v) is 5.35. The molecule has 0 aromatic rings. The fraction of sp³-hybridized carbons (Fsp3) is 0. The minimum Gasteiger partial charge on any atom is 0 e. The van der Waals surface area contributed by atoms with Gasteiger partial charge in [-0.25, -0.2) is 0 Å². The molecule has 0 unspecified atom stereocenters. The minimum absolute atomic E-state index is 0. The molecule has 0 saturated heterocycles. The van der Waals surface area contributed by atoms with Gasteiger partial charge in [0.2, 0.25) is 0 Å². The molecule has 5 heteroatoms. The van der Waals surface area contributed by atoms with E-state index in [1.807, 2.05) is 0 Å². The first kappa shape index (κ1) is 40.7. The van der Waals surface area contributed by atoms with Crippen molar-refractivity contribution in [1.82, 2.24) is 0 Å². The molecule has 0 heterocycles. The monoisotopic (exact) mass is 381 g/mol. The molecule has 0 bridgehead atoms. The fourth-order valence-electron chi connectivity index (χ4n) is 0. The van der Waals surface area contributed by atoms with Gasteiger partial charge in [-0.05, 0) is 0 Å². The number of hydrogen-bond donors (Lipinski definition) is 0. The standard InChI is InChI=1S/3Ag.2Al.6H. The Balaban J connectivity index is 0. The van der Waals surface area contributed by atoms with E-state index in [4.69, 9.17) is 0 Å². The second-order valence-corrected chi connectivity index (χ2v) is 0. The van der Waals surface area contributed by atoms with E-state index in [1.54, 1.807) is 0 Å². The zero-order valence-electron chi connectivity index (χ0n) is 0.905. The quantitative estimate of drug-likeness (QED) is 0.410. The van der Waals surface area contributed by atoms with Crippen LogP contribution in [0, 0.1) is 0 Å². The Hall–Kier alpha value is 3.29. The summed E-state index contributed by atoms with van der Waals surface area (Å²) in [4.78, 5) is 0. The molecule has 0 spiro atoms. The summed E-state index contributed by atoms with van der Waals surface area (Å²) in [6, 6.07) is 0. The molecule has 3 radical (unpaired) electrons. The maximum Gasteiger partial charge on any atom is 0.187 e. The van der Waals surface area contributed by atoms with Crippen LogP contribution in [0.2, 0.25) is 0 Å². The van der Waals surface area contributed by atoms with E-state index < -0.39 is 0 Å². The third-order valence-electron chi connectivity index (χ3n) is 0. The molecule has 0 aliphatic carbocycles. The molecule has 0 fully saturated rings. The van der Waals surface area contributed by atoms with E-state index >= 15 is 0 Å². The van der Waals surface area contributed by atoms with Crippen LogP contribution in [-0.4, -0.2) is 34.7 Å². The van der Waals surface area contributed by atoms with Crippen LogP contribution in [0.15, 0.2) is 0 Å². The van der Waals surface area contributed by atoms with Crippen molar-refractivity contribution < 1.29 is 67.1 Å². The van der Waals surface area contributed by atoms with Crippen LogP contribution in [0.5, 0.6) is 0 Å². The number of hydrogen-bond acceptors (Lipinski definition) is 0. The summed E-state index contributed by atoms with van der Waals surface area (Å²) < 4.78 is 0. The zero-order chi connectivity index (χ0) is 0. The van der Waals surface area contributed by atoms with Crippen molar-refractivity contribution in [2.24, 2.45) is 0 Å². The average Bonchev–Trinajstić information content (AvgIpc) is 0. The van der Waals surface area contributed by atoms with Gasteiger partial charge in [0.05, 0.1) is 0 Å². The van der Waals surface area contributed by atoms with Gasteiger partial charge in [0.15, 0.2) is 34.7 Å². The molecule has 0 aromatic heterocycles. The summed E-state index contributed by atoms with van der Waals surface area (Å²) in [5.41, 5.74) is 0. The summed E-state index contributed by atoms with van der Waals surface area (Å²) in [7, 11) is 0. The topological polar surface area (TPSA) is 0 Å². The normalized spacial score (nSPS) is 0. The van der Waals surface area contributed by atoms with Crippen LogP contribution in [-0.2, 0) is 67.1 Å². The van der Waals surface area contributed by atoms with Crippen LogP contribution in [0.1, 0.15) is 0 Å². The average molecular weight is 384 g/mol. The maximum atomic E-state index is 0. The molecule has 5 heavy (non-hydrogen) atoms. The first-order chi connectivity index (χ1) is 0. The predicted molar refractivity (Wildman–Crippen MR) is 19.9 cm³/mol. The van der Waals surface area contributed by atoms with Gasteiger partial charge >= 0.3 is 0 Å². The second-order valence-electron chi connectivity index (χ2n) is 0. The summed E-state index contributed by atoms with van der Waals surface area (Å²) in [6.45, 7) is 0. The molecular weight excluding hydrogens is 378 g/mol. The van der Waals surface area contributed by atoms with Gasteiger partial charge in [0.1, 0.15) is 0 Å². The third kappa shape index (κ3) is 18.9. The molecule has 0 aliphatic heterocycles. The van der Waals surface area contributed by atoms with E-state index in [1.165, 1.54) is 0 Å². The van der Waals surface area contributed by atoms with Crippen LogP contribution in [0.4, 0.5) is 0 Å². The Morgan fingerprint density at radius 3 is 0.400 bits per heavy atom. The van der Waals surface area contributed by atoms with Gasteiger partial charge in [-0.2, -0.15) is 0 Å². The van der Waals surface area contributed by atoms with Gasteiger partial charge in [-0.1, -0.05) is 0 Å². The molecule has 45 valence electrons. The molecule has 0 saturated carbocycles. The van der Waals surface area contributed by atoms with E-state index in [-0.39, 0.29) is 102 Å². The van der Waals surface area contributed by atoms with Gasteiger partial charge in [0.25, 0.3) is 0 Å². The van der Waals surface area contributed by atoms with Crippen LogP contribution >= 0.6 is 0 Å². The van der Waals surface area contributed by atoms with Crippen molar-refractivity contribution in [3.05, 3.63) is 0 Å². The van der Waals surface area contributed by atoms with Crippen molar-refractivity contribution in [2.75, 3.05) is 0 Å². The molecule has 0 N–H and O–H groups in total. The summed E-state index contributed by atoms with van der Waals surface area (Å²) >= 11 is 0. The maximum absolute atomic E-state index is 0. The smallest absolute Gasteiger partial charge is 0 e. The first-order valence-corrected chi connectivity index (χ1v) is 0. The van der Waals surface area contributed by atoms with Crippen molar-refractivity contribution in [3.63, 3.8) is 0 Å². The third-order valence-corrected chi connectivity index (χ3v) is 0. The first-order valence-electron chi connectivity index (χ1n) is 0. The van der Waals surface area contributed by atoms with E-state index in [0.29, 0.717) is 0 Å². The Kier molecular flexibility index (Phi) is 217. The van der Waals surface area contributed by atoms with Crippen LogP contribution < -0.4 is 0 Å². The van der Waals surface area contributed by atoms with Crippen LogP contribution in [0.3, 0.4) is 0 Å². The molecule has 0 amide bonds. The fourth-order valence-corrected chi connectivity index (χ4v) is 0. The summed E-state index contributed by atoms with van der Waals surface area (Å²) in [5.74, 6) is 0. The van der Waals surface area contributed by atoms with Gasteiger partial charge in [-0.3, -0.25) is 0 Å². The minimum atomic E-state index is 0. The Bertz CT molecular complexity index is 4.85. The molecule has 0 aliphatic rings. The number of rotatable bonds is 0. The van der Waals surface area contributed by atoms with Gasteiger partial charge in [0, 0.05) is 67.1 Å². The van der Waals surface area contributed by atoms with Gasteiger partial charge < -0.3 is 0 Å². The molecule has 0 nitrogen and oxygen atoms in total. The van der Waals surface area contributed by atoms with Gasteiger partial charge in [-0.15, -0.1) is 0 Å². The van der Waals surface area contributed by atoms with Crippen molar-refractivity contribution >= 4 is 34.7 Å². The van der Waals surface area contributed by atoms with Crippen molar-refractivity contribution in [3.8, 4) is 0 Å². The van der Waals surface area contributed by atoms with Crippen molar-refractivity contribution in [1.29, 1.82) is 0 Å². The van der Waals surface area contributed by atoms with Crippen LogP contribution in [0.25, 0.3) is 0 Å². The SMILES string of the molecule is [Ag].[Ag].[Ag].[AlH3].[AlH3]. The predicted octanol–water partition coefficient (Wildman–Crippen LogP) is -2.38.